The van der Waals surface area contributed by atoms with Crippen molar-refractivity contribution in [2.45, 2.75) is 26.2 Å². The first kappa shape index (κ1) is 12.2. The Morgan fingerprint density at radius 3 is 2.53 bits per heavy atom. The van der Waals surface area contributed by atoms with E-state index < -0.39 is 0 Å². The van der Waals surface area contributed by atoms with Crippen LogP contribution in [0.15, 0.2) is 53.5 Å². The van der Waals surface area contributed by atoms with Gasteiger partial charge in [0.1, 0.15) is 0 Å². The molecular formula is C18H19N. The van der Waals surface area contributed by atoms with Gasteiger partial charge in [0.25, 0.3) is 0 Å². The highest BCUT2D eigenvalue weighted by atomic mass is 14.7. The predicted molar refractivity (Wildman–Crippen MR) is 81.2 cm³/mol. The average Bonchev–Trinajstić information content (AvgIpc) is 2.47. The molecule has 96 valence electrons. The maximum Gasteiger partial charge on any atom is 0.0721 e. The van der Waals surface area contributed by atoms with Crippen LogP contribution in [0.2, 0.25) is 0 Å². The van der Waals surface area contributed by atoms with E-state index >= 15 is 0 Å². The molecule has 0 aromatic heterocycles. The second-order valence-electron chi connectivity index (χ2n) is 5.42. The van der Waals surface area contributed by atoms with Gasteiger partial charge >= 0.3 is 0 Å². The summed E-state index contributed by atoms with van der Waals surface area (Å²) in [6, 6.07) is 17.4. The third-order valence-electron chi connectivity index (χ3n) is 3.75. The van der Waals surface area contributed by atoms with Crippen LogP contribution in [0, 0.1) is 0 Å². The van der Waals surface area contributed by atoms with Crippen LogP contribution in [0.5, 0.6) is 0 Å². The van der Waals surface area contributed by atoms with Gasteiger partial charge in [-0.05, 0) is 29.5 Å². The number of benzene rings is 2. The molecule has 0 fully saturated rings. The van der Waals surface area contributed by atoms with Crippen LogP contribution >= 0.6 is 0 Å². The summed E-state index contributed by atoms with van der Waals surface area (Å²) in [6.45, 7) is 5.38. The maximum atomic E-state index is 4.76. The Balaban J connectivity index is 2.11. The smallest absolute Gasteiger partial charge is 0.0721 e. The zero-order chi connectivity index (χ0) is 13.2. The number of hydrogen-bond acceptors (Lipinski definition) is 1. The second kappa shape index (κ2) is 5.00. The molecule has 0 atom stereocenters. The Morgan fingerprint density at radius 2 is 1.79 bits per heavy atom. The van der Waals surface area contributed by atoms with Gasteiger partial charge < -0.3 is 0 Å². The van der Waals surface area contributed by atoms with Crippen LogP contribution in [-0.4, -0.2) is 12.3 Å². The average molecular weight is 249 g/mol. The minimum Gasteiger partial charge on any atom is -0.284 e. The molecule has 2 aromatic rings. The molecule has 1 aliphatic rings. The Labute approximate surface area is 115 Å². The van der Waals surface area contributed by atoms with Crippen molar-refractivity contribution in [3.05, 3.63) is 70.8 Å². The van der Waals surface area contributed by atoms with Gasteiger partial charge in [-0.1, -0.05) is 56.3 Å². The lowest BCUT2D eigenvalue weighted by molar-refractivity contribution is 0.860. The zero-order valence-electron chi connectivity index (χ0n) is 11.6. The molecular weight excluding hydrogens is 230 g/mol. The summed E-state index contributed by atoms with van der Waals surface area (Å²) in [4.78, 5) is 4.76. The van der Waals surface area contributed by atoms with Gasteiger partial charge in [0, 0.05) is 17.7 Å². The molecule has 0 saturated heterocycles. The molecule has 1 nitrogen and oxygen atoms in total. The highest BCUT2D eigenvalue weighted by Crippen LogP contribution is 2.25. The number of aliphatic imine (C=N–C) groups is 1. The summed E-state index contributed by atoms with van der Waals surface area (Å²) in [7, 11) is 0. The third kappa shape index (κ3) is 2.33. The van der Waals surface area contributed by atoms with Gasteiger partial charge in [0.2, 0.25) is 0 Å². The fourth-order valence-corrected chi connectivity index (χ4v) is 2.61. The number of rotatable bonds is 2. The number of hydrogen-bond donors (Lipinski definition) is 0. The fourth-order valence-electron chi connectivity index (χ4n) is 2.61. The maximum absolute atomic E-state index is 4.76. The molecule has 0 aliphatic carbocycles. The minimum absolute atomic E-state index is 0.559. The highest BCUT2D eigenvalue weighted by Gasteiger charge is 2.16. The fraction of sp³-hybridized carbons (Fsp3) is 0.278. The van der Waals surface area contributed by atoms with E-state index in [9.17, 15) is 0 Å². The molecule has 0 bridgehead atoms. The topological polar surface area (TPSA) is 12.4 Å². The molecule has 0 unspecified atom stereocenters. The summed E-state index contributed by atoms with van der Waals surface area (Å²) in [5, 5.41) is 0. The van der Waals surface area contributed by atoms with Crippen molar-refractivity contribution in [1.82, 2.24) is 0 Å². The first-order chi connectivity index (χ1) is 9.25. The predicted octanol–water partition coefficient (Wildman–Crippen LogP) is 4.20. The van der Waals surface area contributed by atoms with Crippen molar-refractivity contribution in [1.29, 1.82) is 0 Å². The first-order valence-electron chi connectivity index (χ1n) is 6.99. The van der Waals surface area contributed by atoms with Crippen molar-refractivity contribution in [2.75, 3.05) is 6.54 Å². The monoisotopic (exact) mass is 249 g/mol. The van der Waals surface area contributed by atoms with E-state index in [1.165, 1.54) is 22.3 Å². The van der Waals surface area contributed by atoms with Crippen LogP contribution < -0.4 is 0 Å². The Kier molecular flexibility index (Phi) is 3.20. The van der Waals surface area contributed by atoms with Crippen molar-refractivity contribution >= 4 is 5.71 Å². The summed E-state index contributed by atoms with van der Waals surface area (Å²) in [5.41, 5.74) is 6.53. The summed E-state index contributed by atoms with van der Waals surface area (Å²) < 4.78 is 0. The van der Waals surface area contributed by atoms with E-state index in [1.54, 1.807) is 0 Å². The summed E-state index contributed by atoms with van der Waals surface area (Å²) in [6.07, 6.45) is 1.06. The van der Waals surface area contributed by atoms with Gasteiger partial charge in [-0.15, -0.1) is 0 Å². The van der Waals surface area contributed by atoms with Crippen LogP contribution in [0.1, 0.15) is 42.0 Å². The molecule has 1 heteroatoms. The number of nitrogens with zero attached hydrogens (tertiary/aromatic N) is 1. The van der Waals surface area contributed by atoms with Crippen molar-refractivity contribution in [3.8, 4) is 0 Å². The molecule has 0 saturated carbocycles. The summed E-state index contributed by atoms with van der Waals surface area (Å²) >= 11 is 0. The van der Waals surface area contributed by atoms with Crippen LogP contribution in [0.4, 0.5) is 0 Å². The molecule has 3 rings (SSSR count). The summed E-state index contributed by atoms with van der Waals surface area (Å²) in [5.74, 6) is 0.559. The van der Waals surface area contributed by atoms with Crippen LogP contribution in [-0.2, 0) is 6.42 Å². The van der Waals surface area contributed by atoms with Gasteiger partial charge in [-0.3, -0.25) is 4.99 Å². The van der Waals surface area contributed by atoms with Crippen LogP contribution in [0.3, 0.4) is 0 Å². The first-order valence-corrected chi connectivity index (χ1v) is 6.99. The van der Waals surface area contributed by atoms with E-state index in [0.29, 0.717) is 5.92 Å². The lowest BCUT2D eigenvalue weighted by Crippen LogP contribution is -2.14. The zero-order valence-corrected chi connectivity index (χ0v) is 11.6. The van der Waals surface area contributed by atoms with Gasteiger partial charge in [0.15, 0.2) is 0 Å². The van der Waals surface area contributed by atoms with Gasteiger partial charge in [0.05, 0.1) is 5.71 Å². The largest absolute Gasteiger partial charge is 0.284 e. The van der Waals surface area contributed by atoms with Crippen molar-refractivity contribution in [2.24, 2.45) is 4.99 Å². The second-order valence-corrected chi connectivity index (χ2v) is 5.42. The molecule has 1 aliphatic heterocycles. The van der Waals surface area contributed by atoms with E-state index in [-0.39, 0.29) is 0 Å². The molecule has 0 radical (unpaired) electrons. The van der Waals surface area contributed by atoms with E-state index in [0.717, 1.165) is 18.7 Å². The minimum atomic E-state index is 0.559. The SMILES string of the molecule is CC(C)c1ccc2c(c1)C(c1ccccc1)=NCC2. The van der Waals surface area contributed by atoms with Crippen LogP contribution in [0.25, 0.3) is 0 Å². The molecule has 2 aromatic carbocycles. The molecule has 0 spiro atoms. The molecule has 0 amide bonds. The van der Waals surface area contributed by atoms with Crippen molar-refractivity contribution < 1.29 is 0 Å². The highest BCUT2D eigenvalue weighted by molar-refractivity contribution is 6.14. The Morgan fingerprint density at radius 1 is 1.00 bits per heavy atom. The lowest BCUT2D eigenvalue weighted by atomic mass is 9.89. The van der Waals surface area contributed by atoms with E-state index in [4.69, 9.17) is 4.99 Å². The molecule has 19 heavy (non-hydrogen) atoms. The Hall–Kier alpha value is -1.89. The van der Waals surface area contributed by atoms with Gasteiger partial charge in [-0.25, -0.2) is 0 Å². The van der Waals surface area contributed by atoms with Gasteiger partial charge in [-0.2, -0.15) is 0 Å². The molecule has 0 N–H and O–H groups in total. The van der Waals surface area contributed by atoms with E-state index in [1.807, 2.05) is 0 Å². The van der Waals surface area contributed by atoms with E-state index in [2.05, 4.69) is 62.4 Å². The molecule has 1 heterocycles. The van der Waals surface area contributed by atoms with Crippen molar-refractivity contribution in [3.63, 3.8) is 0 Å². The normalized spacial score (nSPS) is 14.2. The standard InChI is InChI=1S/C18H19N/c1-13(2)16-9-8-14-10-11-19-18(17(14)12-16)15-6-4-3-5-7-15/h3-9,12-13H,10-11H2,1-2H3. The third-order valence-corrected chi connectivity index (χ3v) is 3.75. The Bertz CT molecular complexity index is 609. The lowest BCUT2D eigenvalue weighted by Gasteiger charge is -2.19. The number of fused-ring (bicyclic) bond motifs is 1. The quantitative estimate of drug-likeness (QED) is 0.756.